The second-order valence-corrected chi connectivity index (χ2v) is 15.5. The highest BCUT2D eigenvalue weighted by atomic mass is 16.7. The maximum Gasteiger partial charge on any atom is 0.407 e. The molecule has 1 aromatic carbocycles. The minimum Gasteiger partial charge on any atom is -0.445 e. The number of Topliss-reactive ketones (excluding diaryl/α,β-unsaturated/α-hetero) is 1. The number of urea groups is 1. The van der Waals surface area contributed by atoms with E-state index in [1.165, 1.54) is 0 Å². The molecule has 330 valence electrons. The first kappa shape index (κ1) is 50.0. The summed E-state index contributed by atoms with van der Waals surface area (Å²) in [6.07, 6.45) is 0.275. The van der Waals surface area contributed by atoms with Gasteiger partial charge in [-0.15, -0.1) is 5.06 Å². The zero-order valence-corrected chi connectivity index (χ0v) is 34.9. The first-order valence-electron chi connectivity index (χ1n) is 19.9. The topological polar surface area (TPSA) is 260 Å². The average Bonchev–Trinajstić information content (AvgIpc) is 3.48. The summed E-state index contributed by atoms with van der Waals surface area (Å²) in [5.41, 5.74) is 6.49. The van der Waals surface area contributed by atoms with Gasteiger partial charge in [-0.1, -0.05) is 46.8 Å². The molecule has 0 spiro atoms. The number of nitrogens with one attached hydrogen (secondary N) is 4. The molecule has 0 aromatic heterocycles. The van der Waals surface area contributed by atoms with Crippen LogP contribution in [0.25, 0.3) is 0 Å². The van der Waals surface area contributed by atoms with Gasteiger partial charge in [0, 0.05) is 57.0 Å². The lowest BCUT2D eigenvalue weighted by atomic mass is 9.89. The molecule has 1 fully saturated rings. The van der Waals surface area contributed by atoms with Crippen molar-refractivity contribution in [2.45, 2.75) is 98.6 Å². The Bertz CT molecular complexity index is 1530. The predicted molar refractivity (Wildman–Crippen MR) is 213 cm³/mol. The van der Waals surface area contributed by atoms with Crippen LogP contribution in [0, 0.1) is 17.3 Å². The van der Waals surface area contributed by atoms with Crippen molar-refractivity contribution in [3.63, 3.8) is 0 Å². The number of hydrogen-bond acceptors (Lipinski definition) is 13. The van der Waals surface area contributed by atoms with Crippen LogP contribution >= 0.6 is 0 Å². The van der Waals surface area contributed by atoms with Gasteiger partial charge >= 0.3 is 18.1 Å². The lowest BCUT2D eigenvalue weighted by molar-refractivity contribution is -0.198. The van der Waals surface area contributed by atoms with Crippen LogP contribution in [0.4, 0.5) is 15.3 Å². The predicted octanol–water partition coefficient (Wildman–Crippen LogP) is 2.89. The molecule has 1 aromatic rings. The van der Waals surface area contributed by atoms with Gasteiger partial charge in [0.15, 0.2) is 5.78 Å². The Balaban J connectivity index is 1.81. The van der Waals surface area contributed by atoms with Crippen molar-refractivity contribution in [3.05, 3.63) is 29.8 Å². The van der Waals surface area contributed by atoms with E-state index in [9.17, 15) is 38.4 Å². The fourth-order valence-electron chi connectivity index (χ4n) is 5.40. The number of anilines is 1. The van der Waals surface area contributed by atoms with Gasteiger partial charge in [-0.2, -0.15) is 0 Å². The van der Waals surface area contributed by atoms with Gasteiger partial charge in [0.2, 0.25) is 11.8 Å². The third-order valence-corrected chi connectivity index (χ3v) is 8.78. The highest BCUT2D eigenvalue weighted by Crippen LogP contribution is 2.20. The number of nitrogens with zero attached hydrogens (tertiary/aromatic N) is 1. The van der Waals surface area contributed by atoms with Crippen molar-refractivity contribution in [2.75, 3.05) is 58.0 Å². The van der Waals surface area contributed by atoms with Gasteiger partial charge in [-0.3, -0.25) is 24.0 Å². The number of hydrogen-bond donors (Lipinski definition) is 5. The highest BCUT2D eigenvalue weighted by Gasteiger charge is 2.33. The third-order valence-electron chi connectivity index (χ3n) is 8.78. The molecular formula is C40H62N6O13. The molecule has 0 unspecified atom stereocenters. The smallest absolute Gasteiger partial charge is 0.407 e. The maximum atomic E-state index is 13.5. The summed E-state index contributed by atoms with van der Waals surface area (Å²) >= 11 is 0. The van der Waals surface area contributed by atoms with Gasteiger partial charge in [0.1, 0.15) is 6.61 Å². The molecule has 2 atom stereocenters. The van der Waals surface area contributed by atoms with Crippen molar-refractivity contribution in [1.29, 1.82) is 0 Å². The number of ketones is 1. The normalized spacial score (nSPS) is 13.8. The average molecular weight is 835 g/mol. The Morgan fingerprint density at radius 3 is 2.07 bits per heavy atom. The summed E-state index contributed by atoms with van der Waals surface area (Å²) in [6, 6.07) is 5.00. The summed E-state index contributed by atoms with van der Waals surface area (Å²) in [5, 5.41) is 11.0. The molecule has 1 heterocycles. The second kappa shape index (κ2) is 26.8. The Labute approximate surface area is 345 Å². The molecule has 59 heavy (non-hydrogen) atoms. The van der Waals surface area contributed by atoms with E-state index in [1.54, 1.807) is 38.1 Å². The number of carbonyl (C=O) groups excluding carboxylic acids is 8. The van der Waals surface area contributed by atoms with E-state index in [2.05, 4.69) is 42.0 Å². The van der Waals surface area contributed by atoms with E-state index in [0.29, 0.717) is 49.2 Å². The van der Waals surface area contributed by atoms with Crippen molar-refractivity contribution in [1.82, 2.24) is 21.0 Å². The number of carbonyl (C=O) groups is 8. The number of amides is 7. The van der Waals surface area contributed by atoms with Gasteiger partial charge in [-0.05, 0) is 48.3 Å². The number of rotatable bonds is 28. The highest BCUT2D eigenvalue weighted by molar-refractivity contribution is 6.01. The van der Waals surface area contributed by atoms with E-state index in [-0.39, 0.29) is 88.6 Å². The lowest BCUT2D eigenvalue weighted by Gasteiger charge is -2.24. The molecule has 6 N–H and O–H groups in total. The minimum atomic E-state index is -0.918. The maximum absolute atomic E-state index is 13.5. The summed E-state index contributed by atoms with van der Waals surface area (Å²) < 4.78 is 21.6. The van der Waals surface area contributed by atoms with Crippen LogP contribution in [0.2, 0.25) is 0 Å². The molecule has 1 saturated heterocycles. The summed E-state index contributed by atoms with van der Waals surface area (Å²) in [4.78, 5) is 103. The molecule has 0 aliphatic carbocycles. The SMILES string of the molecule is CC(C)[C@@H](NC(=O)CCOCCC(=O)ON1C(=O)CCC1=O)C(=O)C[C@H](CCCNC(N)=O)C(=O)Nc1ccc(COC(=O)NCCOCCOCCC(C)(C)C)cc1. The zero-order chi connectivity index (χ0) is 43.8. The molecule has 19 heteroatoms. The number of ether oxygens (including phenoxy) is 4. The second-order valence-electron chi connectivity index (χ2n) is 15.5. The van der Waals surface area contributed by atoms with Gasteiger partial charge < -0.3 is 50.8 Å². The largest absolute Gasteiger partial charge is 0.445 e. The number of imide groups is 1. The molecule has 0 saturated carbocycles. The molecule has 0 bridgehead atoms. The van der Waals surface area contributed by atoms with E-state index in [1.807, 2.05) is 0 Å². The van der Waals surface area contributed by atoms with Crippen LogP contribution in [-0.4, -0.2) is 111 Å². The molecule has 2 rings (SSSR count). The van der Waals surface area contributed by atoms with Crippen LogP contribution in [0.1, 0.15) is 91.5 Å². The van der Waals surface area contributed by atoms with Crippen LogP contribution in [0.3, 0.4) is 0 Å². The summed E-state index contributed by atoms with van der Waals surface area (Å²) in [5.74, 6) is -4.47. The molecule has 0 radical (unpaired) electrons. The molecule has 1 aliphatic heterocycles. The van der Waals surface area contributed by atoms with Gasteiger partial charge in [0.25, 0.3) is 11.8 Å². The van der Waals surface area contributed by atoms with Crippen LogP contribution < -0.4 is 27.0 Å². The Kier molecular flexibility index (Phi) is 22.7. The Morgan fingerprint density at radius 1 is 0.814 bits per heavy atom. The van der Waals surface area contributed by atoms with E-state index >= 15 is 0 Å². The van der Waals surface area contributed by atoms with E-state index in [4.69, 9.17) is 29.5 Å². The quantitative estimate of drug-likeness (QED) is 0.0602. The van der Waals surface area contributed by atoms with Crippen molar-refractivity contribution < 1.29 is 62.1 Å². The van der Waals surface area contributed by atoms with Gasteiger partial charge in [-0.25, -0.2) is 14.4 Å². The van der Waals surface area contributed by atoms with Gasteiger partial charge in [0.05, 0.1) is 45.5 Å². The van der Waals surface area contributed by atoms with Crippen molar-refractivity contribution >= 4 is 53.2 Å². The monoisotopic (exact) mass is 834 g/mol. The van der Waals surface area contributed by atoms with Crippen molar-refractivity contribution in [2.24, 2.45) is 23.0 Å². The summed E-state index contributed by atoms with van der Waals surface area (Å²) in [7, 11) is 0. The first-order valence-corrected chi connectivity index (χ1v) is 19.9. The number of nitrogens with two attached hydrogens (primary N) is 1. The zero-order valence-electron chi connectivity index (χ0n) is 34.9. The molecular weight excluding hydrogens is 772 g/mol. The molecule has 19 nitrogen and oxygen atoms in total. The fraction of sp³-hybridized carbons (Fsp3) is 0.650. The lowest BCUT2D eigenvalue weighted by Crippen LogP contribution is -2.45. The van der Waals surface area contributed by atoms with Crippen LogP contribution in [0.5, 0.6) is 0 Å². The van der Waals surface area contributed by atoms with E-state index < -0.39 is 53.7 Å². The third kappa shape index (κ3) is 22.0. The van der Waals surface area contributed by atoms with Crippen molar-refractivity contribution in [3.8, 4) is 0 Å². The molecule has 7 amide bonds. The Hall–Kier alpha value is -5.14. The number of hydroxylamine groups is 2. The number of alkyl carbamates (subject to hydrolysis) is 1. The van der Waals surface area contributed by atoms with Crippen LogP contribution in [0.15, 0.2) is 24.3 Å². The minimum absolute atomic E-state index is 0.0131. The summed E-state index contributed by atoms with van der Waals surface area (Å²) in [6.45, 7) is 12.1. The number of primary amides is 1. The number of benzene rings is 1. The molecule has 1 aliphatic rings. The standard InChI is InChI=1S/C40H62N6O13/c1-27(2)36(45-32(48)14-19-55-20-15-35(51)59-46-33(49)12-13-34(46)50)31(47)25-29(7-6-17-42-38(41)53)37(52)44-30-10-8-28(9-11-30)26-58-39(54)43-18-22-57-24-23-56-21-16-40(3,4)5/h8-11,27,29,36H,6-7,12-26H2,1-5H3,(H,43,54)(H,44,52)(H,45,48)(H3,41,42,53)/t29-,36+/m0/s1. The van der Waals surface area contributed by atoms with Crippen LogP contribution in [-0.2, 0) is 59.2 Å². The first-order chi connectivity index (χ1) is 27.9. The fourth-order valence-corrected chi connectivity index (χ4v) is 5.40. The van der Waals surface area contributed by atoms with E-state index in [0.717, 1.165) is 6.42 Å². The Morgan fingerprint density at radius 2 is 1.44 bits per heavy atom.